The molecule has 0 amide bonds. The van der Waals surface area contributed by atoms with Gasteiger partial charge >= 0.3 is 0 Å². The summed E-state index contributed by atoms with van der Waals surface area (Å²) in [6.07, 6.45) is 4.41. The first-order valence-corrected chi connectivity index (χ1v) is 4.54. The van der Waals surface area contributed by atoms with E-state index in [-0.39, 0.29) is 6.10 Å². The number of hydrogen-bond donors (Lipinski definition) is 1. The molecule has 2 heteroatoms. The van der Waals surface area contributed by atoms with Gasteiger partial charge in [-0.3, -0.25) is 0 Å². The van der Waals surface area contributed by atoms with Gasteiger partial charge in [-0.2, -0.15) is 0 Å². The summed E-state index contributed by atoms with van der Waals surface area (Å²) in [5, 5.41) is 9.33. The Balaban J connectivity index is 2.74. The largest absolute Gasteiger partial charge is 0.491 e. The van der Waals surface area contributed by atoms with Gasteiger partial charge in [0.2, 0.25) is 0 Å². The van der Waals surface area contributed by atoms with Gasteiger partial charge in [-0.15, -0.1) is 6.42 Å². The van der Waals surface area contributed by atoms with Crippen LogP contribution in [0.1, 0.15) is 25.5 Å². The standard InChI is InChI=1S/C12H14O2/c1-4-12(13)10-5-7-11(8-6-10)14-9(2)3/h1,5-9,12-13H,2-3H3. The van der Waals surface area contributed by atoms with E-state index in [9.17, 15) is 5.11 Å². The predicted octanol–water partition coefficient (Wildman–Crippen LogP) is 2.14. The van der Waals surface area contributed by atoms with Crippen LogP contribution in [0.15, 0.2) is 24.3 Å². The SMILES string of the molecule is C#CC(O)c1ccc(OC(C)C)cc1. The molecule has 0 bridgehead atoms. The summed E-state index contributed by atoms with van der Waals surface area (Å²) in [6.45, 7) is 3.92. The average Bonchev–Trinajstić information content (AvgIpc) is 2.17. The summed E-state index contributed by atoms with van der Waals surface area (Å²) in [6, 6.07) is 7.14. The summed E-state index contributed by atoms with van der Waals surface area (Å²) in [5.41, 5.74) is 0.712. The Morgan fingerprint density at radius 2 is 1.86 bits per heavy atom. The minimum Gasteiger partial charge on any atom is -0.491 e. The summed E-state index contributed by atoms with van der Waals surface area (Å²) >= 11 is 0. The monoisotopic (exact) mass is 190 g/mol. The third-order valence-corrected chi connectivity index (χ3v) is 1.73. The van der Waals surface area contributed by atoms with E-state index < -0.39 is 6.10 Å². The molecule has 74 valence electrons. The van der Waals surface area contributed by atoms with Crippen LogP contribution in [-0.2, 0) is 0 Å². The lowest BCUT2D eigenvalue weighted by Crippen LogP contribution is -2.05. The van der Waals surface area contributed by atoms with Crippen LogP contribution in [0.5, 0.6) is 5.75 Å². The molecule has 0 saturated heterocycles. The van der Waals surface area contributed by atoms with E-state index in [1.165, 1.54) is 0 Å². The maximum absolute atomic E-state index is 9.33. The van der Waals surface area contributed by atoms with Crippen LogP contribution in [0, 0.1) is 12.3 Å². The zero-order chi connectivity index (χ0) is 10.6. The normalized spacial score (nSPS) is 12.2. The van der Waals surface area contributed by atoms with Crippen molar-refractivity contribution in [1.29, 1.82) is 0 Å². The Morgan fingerprint density at radius 3 is 2.29 bits per heavy atom. The van der Waals surface area contributed by atoms with Gasteiger partial charge in [-0.25, -0.2) is 0 Å². The lowest BCUT2D eigenvalue weighted by molar-refractivity contribution is 0.235. The first-order chi connectivity index (χ1) is 6.63. The Morgan fingerprint density at radius 1 is 1.29 bits per heavy atom. The molecule has 1 aromatic carbocycles. The molecule has 0 spiro atoms. The highest BCUT2D eigenvalue weighted by atomic mass is 16.5. The fraction of sp³-hybridized carbons (Fsp3) is 0.333. The average molecular weight is 190 g/mol. The molecule has 0 aliphatic rings. The number of aliphatic hydroxyl groups is 1. The second-order valence-corrected chi connectivity index (χ2v) is 3.30. The summed E-state index contributed by atoms with van der Waals surface area (Å²) < 4.78 is 5.45. The number of aliphatic hydroxyl groups excluding tert-OH is 1. The zero-order valence-corrected chi connectivity index (χ0v) is 8.40. The van der Waals surface area contributed by atoms with E-state index in [2.05, 4.69) is 5.92 Å². The predicted molar refractivity (Wildman–Crippen MR) is 56.0 cm³/mol. The van der Waals surface area contributed by atoms with E-state index in [0.717, 1.165) is 5.75 Å². The van der Waals surface area contributed by atoms with Crippen molar-refractivity contribution >= 4 is 0 Å². The second kappa shape index (κ2) is 4.69. The van der Waals surface area contributed by atoms with E-state index in [0.29, 0.717) is 5.56 Å². The van der Waals surface area contributed by atoms with Gasteiger partial charge in [0.1, 0.15) is 11.9 Å². The molecule has 0 fully saturated rings. The highest BCUT2D eigenvalue weighted by Gasteiger charge is 2.03. The zero-order valence-electron chi connectivity index (χ0n) is 8.40. The van der Waals surface area contributed by atoms with Gasteiger partial charge in [0.15, 0.2) is 0 Å². The first-order valence-electron chi connectivity index (χ1n) is 4.54. The maximum Gasteiger partial charge on any atom is 0.139 e. The fourth-order valence-corrected chi connectivity index (χ4v) is 1.10. The van der Waals surface area contributed by atoms with Gasteiger partial charge in [0, 0.05) is 0 Å². The number of benzene rings is 1. The van der Waals surface area contributed by atoms with Crippen LogP contribution in [-0.4, -0.2) is 11.2 Å². The van der Waals surface area contributed by atoms with Crippen molar-refractivity contribution in [3.05, 3.63) is 29.8 Å². The van der Waals surface area contributed by atoms with Gasteiger partial charge in [-0.1, -0.05) is 18.1 Å². The first kappa shape index (κ1) is 10.6. The molecule has 0 saturated carbocycles. The van der Waals surface area contributed by atoms with Crippen LogP contribution in [0.25, 0.3) is 0 Å². The Hall–Kier alpha value is -1.46. The molecule has 1 N–H and O–H groups in total. The number of ether oxygens (including phenoxy) is 1. The van der Waals surface area contributed by atoms with Gasteiger partial charge in [-0.05, 0) is 31.5 Å². The molecular weight excluding hydrogens is 176 g/mol. The summed E-state index contributed by atoms with van der Waals surface area (Å²) in [4.78, 5) is 0. The van der Waals surface area contributed by atoms with E-state index in [1.54, 1.807) is 24.3 Å². The van der Waals surface area contributed by atoms with Crippen molar-refractivity contribution in [2.75, 3.05) is 0 Å². The molecule has 0 aliphatic heterocycles. The number of terminal acetylenes is 1. The van der Waals surface area contributed by atoms with E-state index in [4.69, 9.17) is 11.2 Å². The second-order valence-electron chi connectivity index (χ2n) is 3.30. The van der Waals surface area contributed by atoms with Crippen molar-refractivity contribution < 1.29 is 9.84 Å². The molecule has 1 rings (SSSR count). The molecular formula is C12H14O2. The number of rotatable bonds is 3. The highest BCUT2D eigenvalue weighted by molar-refractivity contribution is 5.31. The van der Waals surface area contributed by atoms with Crippen molar-refractivity contribution in [3.63, 3.8) is 0 Å². The molecule has 0 aliphatic carbocycles. The smallest absolute Gasteiger partial charge is 0.139 e. The lowest BCUT2D eigenvalue weighted by atomic mass is 10.1. The van der Waals surface area contributed by atoms with Gasteiger partial charge in [0.05, 0.1) is 6.10 Å². The molecule has 0 aromatic heterocycles. The van der Waals surface area contributed by atoms with Crippen LogP contribution in [0.2, 0.25) is 0 Å². The maximum atomic E-state index is 9.33. The molecule has 1 unspecified atom stereocenters. The minimum absolute atomic E-state index is 0.151. The van der Waals surface area contributed by atoms with Gasteiger partial charge < -0.3 is 9.84 Å². The molecule has 0 heterocycles. The van der Waals surface area contributed by atoms with Crippen molar-refractivity contribution in [1.82, 2.24) is 0 Å². The third-order valence-electron chi connectivity index (χ3n) is 1.73. The summed E-state index contributed by atoms with van der Waals surface area (Å²) in [5.74, 6) is 3.04. The van der Waals surface area contributed by atoms with Crippen LogP contribution in [0.4, 0.5) is 0 Å². The van der Waals surface area contributed by atoms with Gasteiger partial charge in [0.25, 0.3) is 0 Å². The van der Waals surface area contributed by atoms with Crippen molar-refractivity contribution in [2.45, 2.75) is 26.1 Å². The Bertz CT molecular complexity index is 319. The van der Waals surface area contributed by atoms with E-state index >= 15 is 0 Å². The van der Waals surface area contributed by atoms with Crippen LogP contribution < -0.4 is 4.74 Å². The van der Waals surface area contributed by atoms with Crippen LogP contribution >= 0.6 is 0 Å². The quantitative estimate of drug-likeness (QED) is 0.740. The Kier molecular flexibility index (Phi) is 3.55. The molecule has 14 heavy (non-hydrogen) atoms. The van der Waals surface area contributed by atoms with Crippen molar-refractivity contribution in [3.8, 4) is 18.1 Å². The van der Waals surface area contributed by atoms with Crippen LogP contribution in [0.3, 0.4) is 0 Å². The van der Waals surface area contributed by atoms with Crippen molar-refractivity contribution in [2.24, 2.45) is 0 Å². The molecule has 1 atom stereocenters. The van der Waals surface area contributed by atoms with E-state index in [1.807, 2.05) is 13.8 Å². The fourth-order valence-electron chi connectivity index (χ4n) is 1.10. The third kappa shape index (κ3) is 2.79. The highest BCUT2D eigenvalue weighted by Crippen LogP contribution is 2.17. The lowest BCUT2D eigenvalue weighted by Gasteiger charge is -2.10. The minimum atomic E-state index is -0.830. The molecule has 1 aromatic rings. The number of hydrogen-bond acceptors (Lipinski definition) is 2. The Labute approximate surface area is 84.5 Å². The topological polar surface area (TPSA) is 29.5 Å². The molecule has 0 radical (unpaired) electrons. The summed E-state index contributed by atoms with van der Waals surface area (Å²) in [7, 11) is 0. The molecule has 2 nitrogen and oxygen atoms in total.